The Hall–Kier alpha value is -2.41. The highest BCUT2D eigenvalue weighted by Gasteiger charge is 2.21. The number of ether oxygens (including phenoxy) is 1. The van der Waals surface area contributed by atoms with E-state index in [1.165, 1.54) is 42.3 Å². The standard InChI is InChI=1S/C16H17NO5S/c1-4-11-9-14(17-7-5-12(18)6-8-17)15(23(3,20)21)10-13(11)16(19)22-2/h5-10H,4H2,1-3H3. The van der Waals surface area contributed by atoms with E-state index in [0.717, 1.165) is 6.26 Å². The Labute approximate surface area is 134 Å². The van der Waals surface area contributed by atoms with Crippen molar-refractivity contribution in [3.63, 3.8) is 0 Å². The van der Waals surface area contributed by atoms with Crippen LogP contribution in [0.2, 0.25) is 0 Å². The Morgan fingerprint density at radius 1 is 1.22 bits per heavy atom. The van der Waals surface area contributed by atoms with E-state index >= 15 is 0 Å². The molecule has 0 spiro atoms. The summed E-state index contributed by atoms with van der Waals surface area (Å²) in [6, 6.07) is 5.64. The van der Waals surface area contributed by atoms with E-state index in [1.807, 2.05) is 6.92 Å². The summed E-state index contributed by atoms with van der Waals surface area (Å²) in [5, 5.41) is 0. The zero-order valence-electron chi connectivity index (χ0n) is 13.1. The van der Waals surface area contributed by atoms with E-state index in [-0.39, 0.29) is 15.9 Å². The van der Waals surface area contributed by atoms with Gasteiger partial charge in [-0.2, -0.15) is 0 Å². The number of carbonyl (C=O) groups is 1. The minimum Gasteiger partial charge on any atom is -0.465 e. The molecule has 0 unspecified atom stereocenters. The number of methoxy groups -OCH3 is 1. The number of aryl methyl sites for hydroxylation is 1. The molecule has 0 aliphatic carbocycles. The van der Waals surface area contributed by atoms with Crippen molar-refractivity contribution < 1.29 is 17.9 Å². The number of hydrogen-bond donors (Lipinski definition) is 0. The number of pyridine rings is 1. The van der Waals surface area contributed by atoms with Crippen molar-refractivity contribution in [1.29, 1.82) is 0 Å². The highest BCUT2D eigenvalue weighted by molar-refractivity contribution is 7.90. The molecule has 0 bridgehead atoms. The molecular weight excluding hydrogens is 318 g/mol. The van der Waals surface area contributed by atoms with Crippen LogP contribution in [0.15, 0.2) is 46.3 Å². The van der Waals surface area contributed by atoms with Crippen LogP contribution in [0.1, 0.15) is 22.8 Å². The summed E-state index contributed by atoms with van der Waals surface area (Å²) in [4.78, 5) is 23.1. The van der Waals surface area contributed by atoms with E-state index < -0.39 is 15.8 Å². The molecule has 1 aromatic heterocycles. The molecule has 0 atom stereocenters. The van der Waals surface area contributed by atoms with Crippen molar-refractivity contribution >= 4 is 15.8 Å². The number of rotatable bonds is 4. The van der Waals surface area contributed by atoms with Gasteiger partial charge in [-0.25, -0.2) is 13.2 Å². The van der Waals surface area contributed by atoms with Crippen LogP contribution in [-0.4, -0.2) is 32.3 Å². The molecule has 0 aliphatic heterocycles. The zero-order valence-corrected chi connectivity index (χ0v) is 13.9. The summed E-state index contributed by atoms with van der Waals surface area (Å²) < 4.78 is 30.5. The van der Waals surface area contributed by atoms with Crippen LogP contribution in [0, 0.1) is 0 Å². The Bertz CT molecular complexity index is 892. The average molecular weight is 335 g/mol. The van der Waals surface area contributed by atoms with Crippen molar-refractivity contribution in [2.75, 3.05) is 13.4 Å². The van der Waals surface area contributed by atoms with Gasteiger partial charge in [-0.1, -0.05) is 6.92 Å². The third kappa shape index (κ3) is 3.50. The van der Waals surface area contributed by atoms with Crippen LogP contribution >= 0.6 is 0 Å². The first kappa shape index (κ1) is 17.0. The maximum absolute atomic E-state index is 12.1. The van der Waals surface area contributed by atoms with Crippen LogP contribution in [0.5, 0.6) is 0 Å². The van der Waals surface area contributed by atoms with Gasteiger partial charge in [0.15, 0.2) is 15.3 Å². The van der Waals surface area contributed by atoms with Crippen LogP contribution in [0.4, 0.5) is 0 Å². The Balaban J connectivity index is 2.82. The number of nitrogens with zero attached hydrogens (tertiary/aromatic N) is 1. The third-order valence-electron chi connectivity index (χ3n) is 3.45. The van der Waals surface area contributed by atoms with Gasteiger partial charge in [0.05, 0.1) is 23.3 Å². The van der Waals surface area contributed by atoms with Gasteiger partial charge in [-0.05, 0) is 24.1 Å². The molecule has 2 rings (SSSR count). The molecule has 0 saturated heterocycles. The summed E-state index contributed by atoms with van der Waals surface area (Å²) in [5.41, 5.74) is 1.10. The van der Waals surface area contributed by atoms with E-state index in [2.05, 4.69) is 0 Å². The Kier molecular flexibility index (Phi) is 4.70. The van der Waals surface area contributed by atoms with Crippen LogP contribution in [0.3, 0.4) is 0 Å². The molecule has 0 saturated carbocycles. The van der Waals surface area contributed by atoms with E-state index in [1.54, 1.807) is 6.07 Å². The molecule has 1 aromatic carbocycles. The van der Waals surface area contributed by atoms with Crippen molar-refractivity contribution in [2.45, 2.75) is 18.2 Å². The summed E-state index contributed by atoms with van der Waals surface area (Å²) in [5.74, 6) is -0.585. The smallest absolute Gasteiger partial charge is 0.338 e. The number of esters is 1. The van der Waals surface area contributed by atoms with E-state index in [9.17, 15) is 18.0 Å². The van der Waals surface area contributed by atoms with Crippen LogP contribution in [0.25, 0.3) is 5.69 Å². The van der Waals surface area contributed by atoms with Gasteiger partial charge < -0.3 is 9.30 Å². The molecule has 0 aliphatic rings. The molecule has 0 amide bonds. The molecule has 23 heavy (non-hydrogen) atoms. The molecule has 7 heteroatoms. The summed E-state index contributed by atoms with van der Waals surface area (Å²) in [7, 11) is -2.34. The fraction of sp³-hybridized carbons (Fsp3) is 0.250. The average Bonchev–Trinajstić information content (AvgIpc) is 2.52. The lowest BCUT2D eigenvalue weighted by atomic mass is 10.0. The van der Waals surface area contributed by atoms with Gasteiger partial charge in [-0.3, -0.25) is 4.79 Å². The van der Waals surface area contributed by atoms with Crippen molar-refractivity contribution in [3.05, 3.63) is 58.0 Å². The lowest BCUT2D eigenvalue weighted by molar-refractivity contribution is 0.0599. The van der Waals surface area contributed by atoms with Crippen molar-refractivity contribution in [2.24, 2.45) is 0 Å². The van der Waals surface area contributed by atoms with Gasteiger partial charge in [0.1, 0.15) is 0 Å². The molecule has 0 N–H and O–H groups in total. The first-order valence-electron chi connectivity index (χ1n) is 6.92. The SMILES string of the molecule is CCc1cc(-n2ccc(=O)cc2)c(S(C)(=O)=O)cc1C(=O)OC. The highest BCUT2D eigenvalue weighted by atomic mass is 32.2. The van der Waals surface area contributed by atoms with Gasteiger partial charge in [0, 0.05) is 30.8 Å². The molecule has 1 heterocycles. The first-order valence-corrected chi connectivity index (χ1v) is 8.81. The second-order valence-corrected chi connectivity index (χ2v) is 7.02. The number of hydrogen-bond acceptors (Lipinski definition) is 5. The predicted molar refractivity (Wildman–Crippen MR) is 85.9 cm³/mol. The molecular formula is C16H17NO5S. The van der Waals surface area contributed by atoms with Gasteiger partial charge in [0.25, 0.3) is 0 Å². The van der Waals surface area contributed by atoms with Crippen LogP contribution < -0.4 is 5.43 Å². The molecule has 0 fully saturated rings. The van der Waals surface area contributed by atoms with Gasteiger partial charge >= 0.3 is 5.97 Å². The fourth-order valence-electron chi connectivity index (χ4n) is 2.28. The normalized spacial score (nSPS) is 11.3. The summed E-state index contributed by atoms with van der Waals surface area (Å²) >= 11 is 0. The highest BCUT2D eigenvalue weighted by Crippen LogP contribution is 2.25. The monoisotopic (exact) mass is 335 g/mol. The second-order valence-electron chi connectivity index (χ2n) is 5.04. The lowest BCUT2D eigenvalue weighted by Gasteiger charge is -2.15. The van der Waals surface area contributed by atoms with E-state index in [4.69, 9.17) is 4.74 Å². The van der Waals surface area contributed by atoms with Crippen LogP contribution in [-0.2, 0) is 21.0 Å². The Morgan fingerprint density at radius 3 is 2.30 bits per heavy atom. The molecule has 2 aromatic rings. The first-order chi connectivity index (χ1) is 10.8. The van der Waals surface area contributed by atoms with Gasteiger partial charge in [0.2, 0.25) is 0 Å². The van der Waals surface area contributed by atoms with Crippen molar-refractivity contribution in [3.8, 4) is 5.69 Å². The number of benzene rings is 1. The second kappa shape index (κ2) is 6.37. The minimum absolute atomic E-state index is 0.00116. The van der Waals surface area contributed by atoms with Crippen molar-refractivity contribution in [1.82, 2.24) is 4.57 Å². The Morgan fingerprint density at radius 2 is 1.83 bits per heavy atom. The number of carbonyl (C=O) groups excluding carboxylic acids is 1. The number of sulfone groups is 1. The van der Waals surface area contributed by atoms with E-state index in [0.29, 0.717) is 17.7 Å². The predicted octanol–water partition coefficient (Wildman–Crippen LogP) is 1.59. The topological polar surface area (TPSA) is 82.4 Å². The summed E-state index contributed by atoms with van der Waals surface area (Å²) in [6.45, 7) is 1.86. The maximum Gasteiger partial charge on any atom is 0.338 e. The summed E-state index contributed by atoms with van der Waals surface area (Å²) in [6.07, 6.45) is 4.58. The molecule has 122 valence electrons. The fourth-order valence-corrected chi connectivity index (χ4v) is 3.15. The minimum atomic E-state index is -3.59. The number of aromatic nitrogens is 1. The molecule has 0 radical (unpaired) electrons. The zero-order chi connectivity index (χ0) is 17.2. The van der Waals surface area contributed by atoms with Gasteiger partial charge in [-0.15, -0.1) is 0 Å². The molecule has 6 nitrogen and oxygen atoms in total. The lowest BCUT2D eigenvalue weighted by Crippen LogP contribution is -2.13. The largest absolute Gasteiger partial charge is 0.465 e. The maximum atomic E-state index is 12.1. The third-order valence-corrected chi connectivity index (χ3v) is 4.57. The quantitative estimate of drug-likeness (QED) is 0.793.